The van der Waals surface area contributed by atoms with Gasteiger partial charge in [-0.15, -0.1) is 0 Å². The summed E-state index contributed by atoms with van der Waals surface area (Å²) in [6.07, 6.45) is 6.41. The third-order valence-electron chi connectivity index (χ3n) is 3.59. The maximum atomic E-state index is 5.80. The molecule has 5 nitrogen and oxygen atoms in total. The van der Waals surface area contributed by atoms with Crippen molar-refractivity contribution < 1.29 is 9.47 Å². The Hall–Kier alpha value is -2.01. The van der Waals surface area contributed by atoms with Crippen LogP contribution in [-0.2, 0) is 13.1 Å². The first-order chi connectivity index (χ1) is 10.4. The van der Waals surface area contributed by atoms with Gasteiger partial charge in [0.1, 0.15) is 12.4 Å². The molecule has 0 saturated heterocycles. The number of para-hydroxylation sites is 2. The molecule has 1 saturated carbocycles. The van der Waals surface area contributed by atoms with Gasteiger partial charge in [0.05, 0.1) is 20.2 Å². The number of methoxy groups -OCH3 is 1. The minimum atomic E-state index is 0.590. The van der Waals surface area contributed by atoms with E-state index in [-0.39, 0.29) is 0 Å². The molecule has 1 aliphatic rings. The Bertz CT molecular complexity index is 578. The molecule has 1 fully saturated rings. The van der Waals surface area contributed by atoms with Crippen molar-refractivity contribution in [3.05, 3.63) is 42.5 Å². The second kappa shape index (κ2) is 6.63. The van der Waals surface area contributed by atoms with Crippen molar-refractivity contribution >= 4 is 0 Å². The van der Waals surface area contributed by atoms with Crippen LogP contribution in [0, 0.1) is 0 Å². The largest absolute Gasteiger partial charge is 0.493 e. The maximum absolute atomic E-state index is 5.80. The van der Waals surface area contributed by atoms with Crippen molar-refractivity contribution in [1.82, 2.24) is 14.9 Å². The fourth-order valence-corrected chi connectivity index (χ4v) is 2.23. The lowest BCUT2D eigenvalue weighted by molar-refractivity contribution is 0.278. The van der Waals surface area contributed by atoms with Crippen LogP contribution in [0.1, 0.15) is 18.7 Å². The van der Waals surface area contributed by atoms with E-state index in [1.807, 2.05) is 36.7 Å². The van der Waals surface area contributed by atoms with Crippen LogP contribution in [0.25, 0.3) is 0 Å². The van der Waals surface area contributed by atoms with E-state index in [4.69, 9.17) is 9.47 Å². The van der Waals surface area contributed by atoms with E-state index in [2.05, 4.69) is 14.9 Å². The Morgan fingerprint density at radius 1 is 1.29 bits per heavy atom. The highest BCUT2D eigenvalue weighted by molar-refractivity contribution is 5.39. The summed E-state index contributed by atoms with van der Waals surface area (Å²) >= 11 is 0. The fraction of sp³-hybridized carbons (Fsp3) is 0.438. The third kappa shape index (κ3) is 3.76. The maximum Gasteiger partial charge on any atom is 0.161 e. The first-order valence-electron chi connectivity index (χ1n) is 7.36. The molecule has 0 radical (unpaired) electrons. The normalized spacial score (nSPS) is 14.1. The third-order valence-corrected chi connectivity index (χ3v) is 3.59. The minimum Gasteiger partial charge on any atom is -0.493 e. The van der Waals surface area contributed by atoms with Crippen molar-refractivity contribution in [2.45, 2.75) is 32.0 Å². The Morgan fingerprint density at radius 3 is 2.86 bits per heavy atom. The molecule has 1 heterocycles. The van der Waals surface area contributed by atoms with Gasteiger partial charge >= 0.3 is 0 Å². The second-order valence-electron chi connectivity index (χ2n) is 5.19. The molecule has 1 N–H and O–H groups in total. The lowest BCUT2D eigenvalue weighted by atomic mass is 10.3. The molecule has 1 aromatic heterocycles. The Balaban J connectivity index is 1.51. The number of hydrogen-bond acceptors (Lipinski definition) is 4. The summed E-state index contributed by atoms with van der Waals surface area (Å²) in [6, 6.07) is 8.39. The number of ether oxygens (including phenoxy) is 2. The summed E-state index contributed by atoms with van der Waals surface area (Å²) in [4.78, 5) is 4.40. The smallest absolute Gasteiger partial charge is 0.161 e. The van der Waals surface area contributed by atoms with Crippen LogP contribution in [0.2, 0.25) is 0 Å². The Morgan fingerprint density at radius 2 is 2.10 bits per heavy atom. The number of nitrogens with zero attached hydrogens (tertiary/aromatic N) is 2. The van der Waals surface area contributed by atoms with Gasteiger partial charge in [-0.3, -0.25) is 0 Å². The molecule has 112 valence electrons. The molecule has 2 aromatic rings. The van der Waals surface area contributed by atoms with E-state index in [0.29, 0.717) is 12.6 Å². The SMILES string of the molecule is COc1ccccc1OCCn1ccnc1CNC1CC1. The number of nitrogens with one attached hydrogen (secondary N) is 1. The molecule has 0 amide bonds. The molecule has 1 aliphatic carbocycles. The number of aromatic nitrogens is 2. The topological polar surface area (TPSA) is 48.3 Å². The van der Waals surface area contributed by atoms with Crippen LogP contribution >= 0.6 is 0 Å². The van der Waals surface area contributed by atoms with E-state index in [1.165, 1.54) is 12.8 Å². The zero-order valence-corrected chi connectivity index (χ0v) is 12.3. The number of imidazole rings is 1. The van der Waals surface area contributed by atoms with Crippen LogP contribution < -0.4 is 14.8 Å². The minimum absolute atomic E-state index is 0.590. The lowest BCUT2D eigenvalue weighted by Crippen LogP contribution is -2.20. The van der Waals surface area contributed by atoms with Crippen molar-refractivity contribution in [1.29, 1.82) is 0 Å². The van der Waals surface area contributed by atoms with Gasteiger partial charge in [0, 0.05) is 18.4 Å². The lowest BCUT2D eigenvalue weighted by Gasteiger charge is -2.12. The summed E-state index contributed by atoms with van der Waals surface area (Å²) < 4.78 is 13.2. The van der Waals surface area contributed by atoms with Crippen LogP contribution in [0.4, 0.5) is 0 Å². The quantitative estimate of drug-likeness (QED) is 0.809. The molecule has 0 unspecified atom stereocenters. The van der Waals surface area contributed by atoms with Crippen molar-refractivity contribution in [2.75, 3.05) is 13.7 Å². The molecule has 5 heteroatoms. The van der Waals surface area contributed by atoms with E-state index in [9.17, 15) is 0 Å². The predicted molar refractivity (Wildman–Crippen MR) is 80.6 cm³/mol. The summed E-state index contributed by atoms with van der Waals surface area (Å²) in [5, 5.41) is 3.48. The molecule has 0 atom stereocenters. The molecule has 0 aliphatic heterocycles. The van der Waals surface area contributed by atoms with Gasteiger partial charge in [-0.05, 0) is 25.0 Å². The number of rotatable bonds is 8. The Kier molecular flexibility index (Phi) is 4.40. The van der Waals surface area contributed by atoms with Gasteiger partial charge in [-0.1, -0.05) is 12.1 Å². The summed E-state index contributed by atoms with van der Waals surface area (Å²) in [5.74, 6) is 2.60. The van der Waals surface area contributed by atoms with Crippen LogP contribution in [0.5, 0.6) is 11.5 Å². The average Bonchev–Trinajstić information content (AvgIpc) is 3.25. The molecular weight excluding hydrogens is 266 g/mol. The standard InChI is InChI=1S/C16H21N3O2/c1-20-14-4-2-3-5-15(14)21-11-10-19-9-8-17-16(19)12-18-13-6-7-13/h2-5,8-9,13,18H,6-7,10-12H2,1H3. The number of hydrogen-bond donors (Lipinski definition) is 1. The summed E-state index contributed by atoms with van der Waals surface area (Å²) in [5.41, 5.74) is 0. The van der Waals surface area contributed by atoms with E-state index in [1.54, 1.807) is 7.11 Å². The molecular formula is C16H21N3O2. The molecule has 0 bridgehead atoms. The van der Waals surface area contributed by atoms with Crippen molar-refractivity contribution in [3.63, 3.8) is 0 Å². The molecule has 0 spiro atoms. The summed E-state index contributed by atoms with van der Waals surface area (Å²) in [7, 11) is 1.65. The van der Waals surface area contributed by atoms with E-state index in [0.717, 1.165) is 30.4 Å². The Labute approximate surface area is 124 Å². The van der Waals surface area contributed by atoms with E-state index < -0.39 is 0 Å². The molecule has 21 heavy (non-hydrogen) atoms. The van der Waals surface area contributed by atoms with Gasteiger partial charge in [0.25, 0.3) is 0 Å². The van der Waals surface area contributed by atoms with Crippen molar-refractivity contribution in [2.24, 2.45) is 0 Å². The highest BCUT2D eigenvalue weighted by Gasteiger charge is 2.20. The zero-order chi connectivity index (χ0) is 14.5. The van der Waals surface area contributed by atoms with Gasteiger partial charge in [-0.25, -0.2) is 4.98 Å². The average molecular weight is 287 g/mol. The van der Waals surface area contributed by atoms with Crippen molar-refractivity contribution in [3.8, 4) is 11.5 Å². The van der Waals surface area contributed by atoms with Crippen LogP contribution in [0.15, 0.2) is 36.7 Å². The van der Waals surface area contributed by atoms with E-state index >= 15 is 0 Å². The summed E-state index contributed by atoms with van der Waals surface area (Å²) in [6.45, 7) is 2.19. The zero-order valence-electron chi connectivity index (χ0n) is 12.3. The molecule has 1 aromatic carbocycles. The van der Waals surface area contributed by atoms with Crippen LogP contribution in [-0.4, -0.2) is 29.3 Å². The molecule has 3 rings (SSSR count). The van der Waals surface area contributed by atoms with Gasteiger partial charge < -0.3 is 19.4 Å². The fourth-order valence-electron chi connectivity index (χ4n) is 2.23. The monoisotopic (exact) mass is 287 g/mol. The van der Waals surface area contributed by atoms with Gasteiger partial charge in [0.2, 0.25) is 0 Å². The first-order valence-corrected chi connectivity index (χ1v) is 7.36. The predicted octanol–water partition coefficient (Wildman–Crippen LogP) is 2.22. The highest BCUT2D eigenvalue weighted by atomic mass is 16.5. The van der Waals surface area contributed by atoms with Gasteiger partial charge in [0.15, 0.2) is 11.5 Å². The van der Waals surface area contributed by atoms with Crippen LogP contribution in [0.3, 0.4) is 0 Å². The van der Waals surface area contributed by atoms with Gasteiger partial charge in [-0.2, -0.15) is 0 Å². The number of benzene rings is 1. The highest BCUT2D eigenvalue weighted by Crippen LogP contribution is 2.25. The first kappa shape index (κ1) is 13.9. The second-order valence-corrected chi connectivity index (χ2v) is 5.19.